The number of carbonyl (C=O) groups is 1. The summed E-state index contributed by atoms with van der Waals surface area (Å²) < 4.78 is 0.947. The molecule has 0 saturated carbocycles. The monoisotopic (exact) mass is 326 g/mol. The smallest absolute Gasteiger partial charge is 0.251 e. The number of nitrogens with zero attached hydrogens (tertiary/aromatic N) is 1. The Labute approximate surface area is 121 Å². The van der Waals surface area contributed by atoms with Gasteiger partial charge in [0.2, 0.25) is 0 Å². The number of amides is 1. The van der Waals surface area contributed by atoms with Crippen molar-refractivity contribution < 1.29 is 9.90 Å². The molecule has 0 aliphatic carbocycles. The van der Waals surface area contributed by atoms with Gasteiger partial charge in [-0.3, -0.25) is 9.69 Å². The Kier molecular flexibility index (Phi) is 4.96. The van der Waals surface area contributed by atoms with Crippen molar-refractivity contribution in [2.24, 2.45) is 0 Å². The van der Waals surface area contributed by atoms with Crippen LogP contribution in [-0.2, 0) is 0 Å². The van der Waals surface area contributed by atoms with E-state index in [-0.39, 0.29) is 12.0 Å². The highest BCUT2D eigenvalue weighted by Crippen LogP contribution is 2.19. The summed E-state index contributed by atoms with van der Waals surface area (Å²) in [6.07, 6.45) is 0.626. The molecule has 1 aromatic rings. The highest BCUT2D eigenvalue weighted by atomic mass is 79.9. The molecule has 1 aliphatic heterocycles. The van der Waals surface area contributed by atoms with Crippen LogP contribution in [0.2, 0.25) is 0 Å². The molecule has 2 rings (SSSR count). The number of benzene rings is 1. The number of hydrogen-bond acceptors (Lipinski definition) is 3. The van der Waals surface area contributed by atoms with Gasteiger partial charge in [0.25, 0.3) is 5.91 Å². The predicted octanol–water partition coefficient (Wildman–Crippen LogP) is 1.55. The molecule has 1 saturated heterocycles. The lowest BCUT2D eigenvalue weighted by Gasteiger charge is -2.15. The van der Waals surface area contributed by atoms with E-state index in [2.05, 4.69) is 26.1 Å². The fourth-order valence-corrected chi connectivity index (χ4v) is 2.66. The Morgan fingerprint density at radius 3 is 3.05 bits per heavy atom. The summed E-state index contributed by atoms with van der Waals surface area (Å²) in [4.78, 5) is 14.2. The van der Waals surface area contributed by atoms with Crippen LogP contribution < -0.4 is 5.32 Å². The molecule has 1 aliphatic rings. The lowest BCUT2D eigenvalue weighted by molar-refractivity contribution is 0.0948. The van der Waals surface area contributed by atoms with Crippen LogP contribution in [0.4, 0.5) is 0 Å². The molecule has 4 nitrogen and oxygen atoms in total. The molecule has 0 spiro atoms. The largest absolute Gasteiger partial charge is 0.392 e. The molecule has 1 atom stereocenters. The summed E-state index contributed by atoms with van der Waals surface area (Å²) in [6.45, 7) is 4.95. The first kappa shape index (κ1) is 14.5. The minimum Gasteiger partial charge on any atom is -0.392 e. The maximum atomic E-state index is 12.1. The lowest BCUT2D eigenvalue weighted by Crippen LogP contribution is -2.34. The van der Waals surface area contributed by atoms with Gasteiger partial charge in [-0.2, -0.15) is 0 Å². The number of hydrogen-bond donors (Lipinski definition) is 2. The molecule has 0 radical (unpaired) electrons. The zero-order chi connectivity index (χ0) is 13.8. The zero-order valence-electron chi connectivity index (χ0n) is 11.0. The van der Waals surface area contributed by atoms with Gasteiger partial charge >= 0.3 is 0 Å². The molecule has 1 aromatic carbocycles. The van der Waals surface area contributed by atoms with E-state index in [1.54, 1.807) is 0 Å². The Morgan fingerprint density at radius 1 is 1.58 bits per heavy atom. The van der Waals surface area contributed by atoms with E-state index in [9.17, 15) is 9.90 Å². The summed E-state index contributed by atoms with van der Waals surface area (Å²) in [5, 5.41) is 12.3. The fraction of sp³-hybridized carbons (Fsp3) is 0.500. The van der Waals surface area contributed by atoms with Crippen molar-refractivity contribution in [1.29, 1.82) is 0 Å². The number of β-amino-alcohol motifs (C(OH)–C–C–N with tert-alkyl or cyclic N) is 1. The van der Waals surface area contributed by atoms with Crippen molar-refractivity contribution in [3.63, 3.8) is 0 Å². The fourth-order valence-electron chi connectivity index (χ4n) is 2.29. The molecule has 1 amide bonds. The van der Waals surface area contributed by atoms with Crippen molar-refractivity contribution in [1.82, 2.24) is 10.2 Å². The number of aliphatic hydroxyl groups excluding tert-OH is 1. The molecular weight excluding hydrogens is 308 g/mol. The summed E-state index contributed by atoms with van der Waals surface area (Å²) in [5.41, 5.74) is 1.66. The van der Waals surface area contributed by atoms with Crippen LogP contribution in [0.25, 0.3) is 0 Å². The molecule has 1 fully saturated rings. The summed E-state index contributed by atoms with van der Waals surface area (Å²) in [7, 11) is 0. The van der Waals surface area contributed by atoms with Crippen LogP contribution in [0.3, 0.4) is 0 Å². The van der Waals surface area contributed by atoms with Gasteiger partial charge in [0.15, 0.2) is 0 Å². The summed E-state index contributed by atoms with van der Waals surface area (Å²) in [6, 6.07) is 5.62. The van der Waals surface area contributed by atoms with Gasteiger partial charge < -0.3 is 10.4 Å². The second-order valence-electron chi connectivity index (χ2n) is 4.91. The quantitative estimate of drug-likeness (QED) is 0.882. The second-order valence-corrected chi connectivity index (χ2v) is 5.77. The van der Waals surface area contributed by atoms with Crippen LogP contribution in [0, 0.1) is 6.92 Å². The van der Waals surface area contributed by atoms with Crippen LogP contribution in [0.1, 0.15) is 22.3 Å². The molecule has 104 valence electrons. The Morgan fingerprint density at radius 2 is 2.37 bits per heavy atom. The van der Waals surface area contributed by atoms with E-state index in [4.69, 9.17) is 0 Å². The minimum atomic E-state index is -0.206. The summed E-state index contributed by atoms with van der Waals surface area (Å²) in [5.74, 6) is -0.0430. The lowest BCUT2D eigenvalue weighted by atomic mass is 10.1. The van der Waals surface area contributed by atoms with Crippen LogP contribution >= 0.6 is 15.9 Å². The van der Waals surface area contributed by atoms with Gasteiger partial charge in [-0.05, 0) is 31.0 Å². The number of likely N-dealkylation sites (tertiary alicyclic amines) is 1. The SMILES string of the molecule is Cc1c(Br)cccc1C(=O)NCCN1CC[C@@H](O)C1. The van der Waals surface area contributed by atoms with Gasteiger partial charge in [0, 0.05) is 36.2 Å². The van der Waals surface area contributed by atoms with E-state index in [0.717, 1.165) is 29.5 Å². The van der Waals surface area contributed by atoms with Gasteiger partial charge in [-0.1, -0.05) is 22.0 Å². The second kappa shape index (κ2) is 6.50. The number of nitrogens with one attached hydrogen (secondary N) is 1. The highest BCUT2D eigenvalue weighted by Gasteiger charge is 2.19. The molecule has 0 bridgehead atoms. The van der Waals surface area contributed by atoms with Crippen LogP contribution in [0.15, 0.2) is 22.7 Å². The number of carbonyl (C=O) groups excluding carboxylic acids is 1. The molecule has 5 heteroatoms. The maximum absolute atomic E-state index is 12.1. The van der Waals surface area contributed by atoms with E-state index >= 15 is 0 Å². The van der Waals surface area contributed by atoms with Gasteiger partial charge in [0.1, 0.15) is 0 Å². The van der Waals surface area contributed by atoms with E-state index in [1.807, 2.05) is 25.1 Å². The maximum Gasteiger partial charge on any atom is 0.251 e. The van der Waals surface area contributed by atoms with Crippen LogP contribution in [0.5, 0.6) is 0 Å². The first-order valence-corrected chi connectivity index (χ1v) is 7.31. The van der Waals surface area contributed by atoms with E-state index < -0.39 is 0 Å². The molecule has 0 aromatic heterocycles. The number of rotatable bonds is 4. The minimum absolute atomic E-state index is 0.0430. The third-order valence-corrected chi connectivity index (χ3v) is 4.33. The van der Waals surface area contributed by atoms with Crippen molar-refractivity contribution in [2.45, 2.75) is 19.4 Å². The van der Waals surface area contributed by atoms with Crippen molar-refractivity contribution >= 4 is 21.8 Å². The first-order valence-electron chi connectivity index (χ1n) is 6.51. The van der Waals surface area contributed by atoms with Crippen molar-refractivity contribution in [3.05, 3.63) is 33.8 Å². The molecule has 1 heterocycles. The normalized spacial score (nSPS) is 19.6. The average molecular weight is 327 g/mol. The third kappa shape index (κ3) is 3.78. The van der Waals surface area contributed by atoms with Crippen molar-refractivity contribution in [3.8, 4) is 0 Å². The number of halogens is 1. The van der Waals surface area contributed by atoms with Gasteiger partial charge in [-0.15, -0.1) is 0 Å². The standard InChI is InChI=1S/C14H19BrN2O2/c1-10-12(3-2-4-13(10)15)14(19)16-6-8-17-7-5-11(18)9-17/h2-4,11,18H,5-9H2,1H3,(H,16,19)/t11-/m1/s1. The Balaban J connectivity index is 1.83. The summed E-state index contributed by atoms with van der Waals surface area (Å²) >= 11 is 3.43. The van der Waals surface area contributed by atoms with E-state index in [0.29, 0.717) is 18.7 Å². The zero-order valence-corrected chi connectivity index (χ0v) is 12.6. The molecule has 2 N–H and O–H groups in total. The molecular formula is C14H19BrN2O2. The Bertz CT molecular complexity index is 465. The van der Waals surface area contributed by atoms with Gasteiger partial charge in [0.05, 0.1) is 6.10 Å². The molecule has 19 heavy (non-hydrogen) atoms. The molecule has 0 unspecified atom stereocenters. The first-order chi connectivity index (χ1) is 9.08. The van der Waals surface area contributed by atoms with Gasteiger partial charge in [-0.25, -0.2) is 0 Å². The van der Waals surface area contributed by atoms with E-state index in [1.165, 1.54) is 0 Å². The predicted molar refractivity (Wildman–Crippen MR) is 78.3 cm³/mol. The highest BCUT2D eigenvalue weighted by molar-refractivity contribution is 9.10. The van der Waals surface area contributed by atoms with Crippen LogP contribution in [-0.4, -0.2) is 48.2 Å². The van der Waals surface area contributed by atoms with Crippen molar-refractivity contribution in [2.75, 3.05) is 26.2 Å². The topological polar surface area (TPSA) is 52.6 Å². The number of aliphatic hydroxyl groups is 1. The third-order valence-electron chi connectivity index (χ3n) is 3.47. The Hall–Kier alpha value is -0.910. The average Bonchev–Trinajstić information content (AvgIpc) is 2.78.